The molecule has 0 saturated heterocycles. The van der Waals surface area contributed by atoms with E-state index in [1.807, 2.05) is 0 Å². The van der Waals surface area contributed by atoms with E-state index >= 15 is 0 Å². The zero-order valence-electron chi connectivity index (χ0n) is 7.30. The second-order valence-electron chi connectivity index (χ2n) is 2.45. The van der Waals surface area contributed by atoms with Crippen LogP contribution in [-0.2, 0) is 19.9 Å². The molecule has 0 rings (SSSR count). The van der Waals surface area contributed by atoms with Gasteiger partial charge in [0.25, 0.3) is 0 Å². The summed E-state index contributed by atoms with van der Waals surface area (Å²) < 4.78 is 29.7. The highest BCUT2D eigenvalue weighted by Crippen LogP contribution is 2.06. The smallest absolute Gasteiger partial charge is 0.270 e. The molecule has 1 amide bonds. The van der Waals surface area contributed by atoms with Gasteiger partial charge in [-0.25, -0.2) is 4.31 Å². The average Bonchev–Trinajstić information content (AvgIpc) is 1.82. The zero-order valence-corrected chi connectivity index (χ0v) is 9.69. The van der Waals surface area contributed by atoms with Crippen LogP contribution in [0.25, 0.3) is 0 Å². The maximum absolute atomic E-state index is 10.8. The molecular weight excluding hydrogens is 257 g/mol. The normalized spacial score (nSPS) is 10.6. The second kappa shape index (κ2) is 5.50. The summed E-state index contributed by atoms with van der Waals surface area (Å²) in [7, 11) is -4.73. The minimum Gasteiger partial charge on any atom is -0.270 e. The summed E-state index contributed by atoms with van der Waals surface area (Å²) in [6.07, 6.45) is 0. The van der Waals surface area contributed by atoms with Crippen LogP contribution in [-0.4, -0.2) is 34.5 Å². The Labute approximate surface area is 92.5 Å². The van der Waals surface area contributed by atoms with Crippen LogP contribution in [0.2, 0.25) is 0 Å². The number of amides is 1. The van der Waals surface area contributed by atoms with Gasteiger partial charge >= 0.3 is 21.5 Å². The lowest BCUT2D eigenvalue weighted by molar-refractivity contribution is -0.138. The Morgan fingerprint density at radius 1 is 1.36 bits per heavy atom. The highest BCUT2D eigenvalue weighted by Gasteiger charge is 2.31. The van der Waals surface area contributed by atoms with E-state index in [1.165, 1.54) is 13.8 Å². The van der Waals surface area contributed by atoms with Crippen molar-refractivity contribution in [2.24, 2.45) is 0 Å². The third kappa shape index (κ3) is 4.23. The second-order valence-corrected chi connectivity index (χ2v) is 4.08. The maximum Gasteiger partial charge on any atom is 0.362 e. The van der Waals surface area contributed by atoms with Crippen molar-refractivity contribution in [1.29, 1.82) is 0 Å². The third-order valence-corrected chi connectivity index (χ3v) is 2.33. The Morgan fingerprint density at radius 2 is 1.71 bits per heavy atom. The number of hydrogen-bond donors (Lipinski definition) is 1. The van der Waals surface area contributed by atoms with Gasteiger partial charge in [-0.15, -0.1) is 12.4 Å². The third-order valence-electron chi connectivity index (χ3n) is 1.09. The fraction of sp³-hybridized carbons (Fsp3) is 0.600. The van der Waals surface area contributed by atoms with Gasteiger partial charge in [0.15, 0.2) is 0 Å². The topological polar surface area (TPSA) is 91.8 Å². The number of hydrogen-bond acceptors (Lipinski definition) is 4. The van der Waals surface area contributed by atoms with Gasteiger partial charge in [-0.05, 0) is 25.4 Å². The quantitative estimate of drug-likeness (QED) is 0.448. The standard InChI is InChI=1S/C5H8ClNO5S.ClH/c1-3(2)7(13(10,11)12)5(9)4(6)8;/h3H,1-2H3,(H,10,11,12);1H. The van der Waals surface area contributed by atoms with Crippen LogP contribution < -0.4 is 0 Å². The average molecular weight is 266 g/mol. The van der Waals surface area contributed by atoms with Crippen molar-refractivity contribution in [3.63, 3.8) is 0 Å². The molecule has 0 aromatic rings. The van der Waals surface area contributed by atoms with E-state index < -0.39 is 27.5 Å². The summed E-state index contributed by atoms with van der Waals surface area (Å²) in [6.45, 7) is 2.62. The van der Waals surface area contributed by atoms with Crippen LogP contribution in [0, 0.1) is 0 Å². The van der Waals surface area contributed by atoms with Gasteiger partial charge in [0.1, 0.15) is 0 Å². The first-order valence-corrected chi connectivity index (χ1v) is 4.96. The van der Waals surface area contributed by atoms with Crippen molar-refractivity contribution in [3.8, 4) is 0 Å². The summed E-state index contributed by atoms with van der Waals surface area (Å²) >= 11 is 4.77. The van der Waals surface area contributed by atoms with Gasteiger partial charge in [0, 0.05) is 6.04 Å². The van der Waals surface area contributed by atoms with E-state index in [9.17, 15) is 18.0 Å². The molecule has 0 radical (unpaired) electrons. The van der Waals surface area contributed by atoms with Crippen molar-refractivity contribution >= 4 is 45.5 Å². The molecule has 0 bridgehead atoms. The first-order valence-electron chi connectivity index (χ1n) is 3.18. The molecule has 1 N–H and O–H groups in total. The van der Waals surface area contributed by atoms with Crippen LogP contribution >= 0.6 is 24.0 Å². The first-order chi connectivity index (χ1) is 5.68. The van der Waals surface area contributed by atoms with Crippen molar-refractivity contribution in [1.82, 2.24) is 4.31 Å². The number of halogens is 2. The molecule has 9 heteroatoms. The van der Waals surface area contributed by atoms with E-state index in [1.54, 1.807) is 0 Å². The molecule has 14 heavy (non-hydrogen) atoms. The molecule has 84 valence electrons. The summed E-state index contributed by atoms with van der Waals surface area (Å²) in [4.78, 5) is 21.2. The molecule has 0 unspecified atom stereocenters. The van der Waals surface area contributed by atoms with Gasteiger partial charge in [-0.2, -0.15) is 8.42 Å². The highest BCUT2D eigenvalue weighted by atomic mass is 35.5. The number of carbonyl (C=O) groups excluding carboxylic acids is 2. The van der Waals surface area contributed by atoms with Gasteiger partial charge in [0.05, 0.1) is 0 Å². The monoisotopic (exact) mass is 265 g/mol. The largest absolute Gasteiger partial charge is 0.362 e. The molecular formula is C5H9Cl2NO5S. The van der Waals surface area contributed by atoms with Crippen molar-refractivity contribution in [3.05, 3.63) is 0 Å². The molecule has 6 nitrogen and oxygen atoms in total. The molecule has 0 aliphatic heterocycles. The molecule has 0 fully saturated rings. The molecule has 0 saturated carbocycles. The van der Waals surface area contributed by atoms with Crippen molar-refractivity contribution in [2.75, 3.05) is 0 Å². The Bertz CT molecular complexity index is 325. The fourth-order valence-corrected chi connectivity index (χ4v) is 1.66. The minimum atomic E-state index is -4.73. The summed E-state index contributed by atoms with van der Waals surface area (Å²) in [5.41, 5.74) is 0. The Kier molecular flexibility index (Phi) is 6.31. The van der Waals surface area contributed by atoms with Crippen molar-refractivity contribution < 1.29 is 22.6 Å². The van der Waals surface area contributed by atoms with Crippen LogP contribution in [0.15, 0.2) is 0 Å². The Balaban J connectivity index is 0. The molecule has 0 aromatic carbocycles. The van der Waals surface area contributed by atoms with Gasteiger partial charge in [0.2, 0.25) is 0 Å². The van der Waals surface area contributed by atoms with E-state index in [0.717, 1.165) is 0 Å². The summed E-state index contributed by atoms with van der Waals surface area (Å²) in [5.74, 6) is -1.47. The zero-order chi connectivity index (χ0) is 10.8. The van der Waals surface area contributed by atoms with Gasteiger partial charge in [-0.3, -0.25) is 14.1 Å². The van der Waals surface area contributed by atoms with Crippen molar-refractivity contribution in [2.45, 2.75) is 19.9 Å². The first kappa shape index (κ1) is 16.1. The van der Waals surface area contributed by atoms with E-state index in [4.69, 9.17) is 16.2 Å². The number of carbonyl (C=O) groups is 2. The molecule has 0 aliphatic carbocycles. The Hall–Kier alpha value is -0.370. The summed E-state index contributed by atoms with van der Waals surface area (Å²) in [6, 6.07) is -0.870. The minimum absolute atomic E-state index is 0. The number of nitrogens with zero attached hydrogens (tertiary/aromatic N) is 1. The van der Waals surface area contributed by atoms with Crippen LogP contribution in [0.5, 0.6) is 0 Å². The SMILES string of the molecule is CC(C)N(C(=O)C(=O)Cl)S(=O)(=O)O.Cl. The molecule has 0 spiro atoms. The van der Waals surface area contributed by atoms with Crippen LogP contribution in [0.4, 0.5) is 0 Å². The van der Waals surface area contributed by atoms with E-state index in [0.29, 0.717) is 0 Å². The molecule has 0 aliphatic rings. The Morgan fingerprint density at radius 3 is 1.79 bits per heavy atom. The van der Waals surface area contributed by atoms with Gasteiger partial charge in [-0.1, -0.05) is 0 Å². The van der Waals surface area contributed by atoms with E-state index in [2.05, 4.69) is 0 Å². The lowest BCUT2D eigenvalue weighted by Crippen LogP contribution is -2.43. The fourth-order valence-electron chi connectivity index (χ4n) is 0.692. The maximum atomic E-state index is 10.8. The molecule has 0 aromatic heterocycles. The molecule has 0 atom stereocenters. The van der Waals surface area contributed by atoms with Crippen LogP contribution in [0.3, 0.4) is 0 Å². The lowest BCUT2D eigenvalue weighted by Gasteiger charge is -2.20. The lowest BCUT2D eigenvalue weighted by atomic mass is 10.4. The summed E-state index contributed by atoms with van der Waals surface area (Å²) in [5, 5.41) is -1.47. The molecule has 0 heterocycles. The highest BCUT2D eigenvalue weighted by molar-refractivity contribution is 7.84. The number of rotatable bonds is 3. The predicted molar refractivity (Wildman–Crippen MR) is 51.6 cm³/mol. The van der Waals surface area contributed by atoms with E-state index in [-0.39, 0.29) is 16.7 Å². The van der Waals surface area contributed by atoms with Crippen LogP contribution in [0.1, 0.15) is 13.8 Å². The van der Waals surface area contributed by atoms with Gasteiger partial charge < -0.3 is 0 Å². The predicted octanol–water partition coefficient (Wildman–Crippen LogP) is 0.213.